The zero-order valence-electron chi connectivity index (χ0n) is 10.3. The lowest BCUT2D eigenvalue weighted by atomic mass is 9.80. The summed E-state index contributed by atoms with van der Waals surface area (Å²) < 4.78 is 0. The van der Waals surface area contributed by atoms with Crippen molar-refractivity contribution in [2.45, 2.75) is 50.5 Å². The molecule has 1 unspecified atom stereocenters. The van der Waals surface area contributed by atoms with E-state index in [-0.39, 0.29) is 5.54 Å². The Kier molecular flexibility index (Phi) is 2.32. The molecular formula is C15H21N. The zero-order valence-corrected chi connectivity index (χ0v) is 10.3. The summed E-state index contributed by atoms with van der Waals surface area (Å²) in [6, 6.07) is 9.11. The van der Waals surface area contributed by atoms with Crippen molar-refractivity contribution in [2.24, 2.45) is 0 Å². The molecule has 1 aliphatic heterocycles. The number of nitrogens with one attached hydrogen (secondary N) is 1. The average Bonchev–Trinajstić information content (AvgIpc) is 3.03. The van der Waals surface area contributed by atoms with E-state index in [4.69, 9.17) is 0 Å². The third-order valence-electron chi connectivity index (χ3n) is 4.27. The van der Waals surface area contributed by atoms with Gasteiger partial charge in [0.1, 0.15) is 0 Å². The van der Waals surface area contributed by atoms with Gasteiger partial charge in [0, 0.05) is 11.5 Å². The molecule has 0 spiro atoms. The predicted molar refractivity (Wildman–Crippen MR) is 67.9 cm³/mol. The quantitative estimate of drug-likeness (QED) is 0.797. The second-order valence-electron chi connectivity index (χ2n) is 5.89. The molecule has 0 radical (unpaired) electrons. The summed E-state index contributed by atoms with van der Waals surface area (Å²) in [5.41, 5.74) is 3.51. The maximum atomic E-state index is 3.63. The number of benzene rings is 1. The second kappa shape index (κ2) is 3.59. The lowest BCUT2D eigenvalue weighted by Crippen LogP contribution is -2.37. The van der Waals surface area contributed by atoms with E-state index in [0.29, 0.717) is 5.92 Å². The highest BCUT2D eigenvalue weighted by molar-refractivity contribution is 5.38. The van der Waals surface area contributed by atoms with Crippen LogP contribution >= 0.6 is 0 Å². The van der Waals surface area contributed by atoms with E-state index in [2.05, 4.69) is 43.4 Å². The Morgan fingerprint density at radius 1 is 1.06 bits per heavy atom. The molecule has 2 fully saturated rings. The smallest absolute Gasteiger partial charge is 0.0194 e. The average molecular weight is 215 g/mol. The fourth-order valence-corrected chi connectivity index (χ4v) is 3.16. The van der Waals surface area contributed by atoms with Crippen LogP contribution in [0.4, 0.5) is 0 Å². The van der Waals surface area contributed by atoms with Gasteiger partial charge in [-0.3, -0.25) is 0 Å². The van der Waals surface area contributed by atoms with Crippen molar-refractivity contribution in [3.05, 3.63) is 35.4 Å². The molecule has 1 aliphatic carbocycles. The molecule has 0 bridgehead atoms. The van der Waals surface area contributed by atoms with Crippen molar-refractivity contribution in [1.29, 1.82) is 0 Å². The fourth-order valence-electron chi connectivity index (χ4n) is 3.16. The number of rotatable bonds is 2. The molecule has 2 aliphatic rings. The molecule has 1 heterocycles. The third kappa shape index (κ3) is 1.67. The third-order valence-corrected chi connectivity index (χ3v) is 4.27. The summed E-state index contributed by atoms with van der Waals surface area (Å²) in [6.45, 7) is 5.85. The zero-order chi connectivity index (χ0) is 11.2. The van der Waals surface area contributed by atoms with Crippen LogP contribution in [-0.2, 0) is 0 Å². The maximum absolute atomic E-state index is 3.63. The van der Waals surface area contributed by atoms with Gasteiger partial charge in [-0.25, -0.2) is 0 Å². The summed E-state index contributed by atoms with van der Waals surface area (Å²) >= 11 is 0. The summed E-state index contributed by atoms with van der Waals surface area (Å²) in [4.78, 5) is 0. The normalized spacial score (nSPS) is 28.2. The first-order valence-electron chi connectivity index (χ1n) is 6.52. The number of hydrogen-bond acceptors (Lipinski definition) is 1. The molecule has 1 atom stereocenters. The molecule has 3 rings (SSSR count). The molecule has 16 heavy (non-hydrogen) atoms. The molecular weight excluding hydrogens is 194 g/mol. The van der Waals surface area contributed by atoms with Crippen molar-refractivity contribution in [2.75, 3.05) is 6.54 Å². The minimum atomic E-state index is 0.269. The Bertz CT molecular complexity index is 390. The predicted octanol–water partition coefficient (Wildman–Crippen LogP) is 3.42. The van der Waals surface area contributed by atoms with Gasteiger partial charge in [-0.15, -0.1) is 0 Å². The summed E-state index contributed by atoms with van der Waals surface area (Å²) in [6.07, 6.45) is 4.09. The highest BCUT2D eigenvalue weighted by atomic mass is 15.0. The van der Waals surface area contributed by atoms with Crippen molar-refractivity contribution >= 4 is 0 Å². The van der Waals surface area contributed by atoms with Crippen LogP contribution in [-0.4, -0.2) is 12.1 Å². The minimum absolute atomic E-state index is 0.269. The molecule has 1 aromatic rings. The van der Waals surface area contributed by atoms with Crippen LogP contribution < -0.4 is 5.32 Å². The summed E-state index contributed by atoms with van der Waals surface area (Å²) in [5, 5.41) is 3.63. The maximum Gasteiger partial charge on any atom is 0.0194 e. The lowest BCUT2D eigenvalue weighted by Gasteiger charge is -2.29. The van der Waals surface area contributed by atoms with E-state index in [1.807, 2.05) is 0 Å². The minimum Gasteiger partial charge on any atom is -0.311 e. The van der Waals surface area contributed by atoms with Crippen LogP contribution in [0.1, 0.15) is 56.1 Å². The van der Waals surface area contributed by atoms with Crippen LogP contribution in [0, 0.1) is 0 Å². The van der Waals surface area contributed by atoms with Crippen molar-refractivity contribution in [3.63, 3.8) is 0 Å². The molecule has 1 saturated carbocycles. The van der Waals surface area contributed by atoms with Gasteiger partial charge in [0.15, 0.2) is 0 Å². The first-order valence-corrected chi connectivity index (χ1v) is 6.52. The molecule has 0 aromatic heterocycles. The van der Waals surface area contributed by atoms with Crippen LogP contribution in [0.25, 0.3) is 0 Å². The van der Waals surface area contributed by atoms with Gasteiger partial charge < -0.3 is 5.32 Å². The standard InChI is InChI=1S/C15H21N/c1-15(2)14(9-10-16-15)13-6-4-3-5-12(13)11-7-8-11/h3-6,11,14,16H,7-10H2,1-2H3. The van der Waals surface area contributed by atoms with E-state index in [9.17, 15) is 0 Å². The van der Waals surface area contributed by atoms with Crippen molar-refractivity contribution in [1.82, 2.24) is 5.32 Å². The molecule has 1 nitrogen and oxygen atoms in total. The summed E-state index contributed by atoms with van der Waals surface area (Å²) in [7, 11) is 0. The Morgan fingerprint density at radius 3 is 2.31 bits per heavy atom. The van der Waals surface area contributed by atoms with Gasteiger partial charge in [0.2, 0.25) is 0 Å². The van der Waals surface area contributed by atoms with Gasteiger partial charge in [-0.1, -0.05) is 24.3 Å². The first kappa shape index (κ1) is 10.3. The Morgan fingerprint density at radius 2 is 1.75 bits per heavy atom. The molecule has 1 N–H and O–H groups in total. The topological polar surface area (TPSA) is 12.0 Å². The molecule has 1 aromatic carbocycles. The molecule has 86 valence electrons. The molecule has 0 amide bonds. The van der Waals surface area contributed by atoms with Gasteiger partial charge in [0.05, 0.1) is 0 Å². The SMILES string of the molecule is CC1(C)NCCC1c1ccccc1C1CC1. The van der Waals surface area contributed by atoms with Gasteiger partial charge in [-0.2, -0.15) is 0 Å². The number of hydrogen-bond donors (Lipinski definition) is 1. The highest BCUT2D eigenvalue weighted by Crippen LogP contribution is 2.46. The van der Waals surface area contributed by atoms with Crippen molar-refractivity contribution in [3.8, 4) is 0 Å². The Balaban J connectivity index is 1.99. The fraction of sp³-hybridized carbons (Fsp3) is 0.600. The van der Waals surface area contributed by atoms with E-state index >= 15 is 0 Å². The molecule has 1 saturated heterocycles. The Labute approximate surface area is 98.3 Å². The second-order valence-corrected chi connectivity index (χ2v) is 5.89. The van der Waals surface area contributed by atoms with E-state index < -0.39 is 0 Å². The first-order chi connectivity index (χ1) is 7.68. The van der Waals surface area contributed by atoms with E-state index in [0.717, 1.165) is 12.5 Å². The van der Waals surface area contributed by atoms with Gasteiger partial charge in [0.25, 0.3) is 0 Å². The van der Waals surface area contributed by atoms with Gasteiger partial charge in [-0.05, 0) is 56.7 Å². The van der Waals surface area contributed by atoms with E-state index in [1.165, 1.54) is 19.3 Å². The lowest BCUT2D eigenvalue weighted by molar-refractivity contribution is 0.409. The molecule has 1 heteroatoms. The van der Waals surface area contributed by atoms with Gasteiger partial charge >= 0.3 is 0 Å². The highest BCUT2D eigenvalue weighted by Gasteiger charge is 2.38. The summed E-state index contributed by atoms with van der Waals surface area (Å²) in [5.74, 6) is 1.57. The van der Waals surface area contributed by atoms with E-state index in [1.54, 1.807) is 11.1 Å². The van der Waals surface area contributed by atoms with Crippen LogP contribution in [0.5, 0.6) is 0 Å². The largest absolute Gasteiger partial charge is 0.311 e. The van der Waals surface area contributed by atoms with Crippen molar-refractivity contribution < 1.29 is 0 Å². The monoisotopic (exact) mass is 215 g/mol. The van der Waals surface area contributed by atoms with Crippen LogP contribution in [0.2, 0.25) is 0 Å². The van der Waals surface area contributed by atoms with Crippen LogP contribution in [0.3, 0.4) is 0 Å². The van der Waals surface area contributed by atoms with Crippen LogP contribution in [0.15, 0.2) is 24.3 Å². The Hall–Kier alpha value is -0.820.